The molecule has 0 radical (unpaired) electrons. The van der Waals surface area contributed by atoms with E-state index in [9.17, 15) is 127 Å². The maximum Gasteiger partial charge on any atom is 0.460 e. The highest BCUT2D eigenvalue weighted by atomic mass is 127. The lowest BCUT2D eigenvalue weighted by molar-refractivity contribution is -0.487. The summed E-state index contributed by atoms with van der Waals surface area (Å²) in [6.07, 6.45) is -11.1. The molecule has 0 aromatic carbocycles. The first-order chi connectivity index (χ1) is 19.3. The molecule has 0 spiro atoms. The van der Waals surface area contributed by atoms with Crippen LogP contribution in [0.3, 0.4) is 0 Å². The van der Waals surface area contributed by atoms with Gasteiger partial charge in [-0.05, 0) is 0 Å². The van der Waals surface area contributed by atoms with Gasteiger partial charge in [-0.3, -0.25) is 0 Å². The first-order valence-electron chi connectivity index (χ1n) is 9.85. The van der Waals surface area contributed by atoms with Gasteiger partial charge in [0.1, 0.15) is 0 Å². The minimum absolute atomic E-state index is 0.556. The van der Waals surface area contributed by atoms with Crippen molar-refractivity contribution in [1.82, 2.24) is 0 Å². The zero-order chi connectivity index (χ0) is 38.4. The lowest BCUT2D eigenvalue weighted by Crippen LogP contribution is -2.79. The maximum absolute atomic E-state index is 13.7. The maximum atomic E-state index is 13.7. The van der Waals surface area contributed by atoms with Gasteiger partial charge in [-0.1, -0.05) is 22.6 Å². The zero-order valence-corrected chi connectivity index (χ0v) is 21.9. The number of hydrogen-bond acceptors (Lipinski definition) is 0. The molecule has 0 fully saturated rings. The molecule has 0 saturated carbocycles. The first-order valence-corrected chi connectivity index (χ1v) is 11.4. The summed E-state index contributed by atoms with van der Waals surface area (Å²) in [5.41, 5.74) is 0. The van der Waals surface area contributed by atoms with Crippen LogP contribution in [0.15, 0.2) is 0 Å². The second kappa shape index (κ2) is 11.1. The molecule has 0 unspecified atom stereocenters. The summed E-state index contributed by atoms with van der Waals surface area (Å²) in [6.45, 7) is 0. The third kappa shape index (κ3) is 5.18. The largest absolute Gasteiger partial charge is 0.460 e. The summed E-state index contributed by atoms with van der Waals surface area (Å²) < 4.78 is 385. The highest BCUT2D eigenvalue weighted by Gasteiger charge is 3.00. The Kier molecular flexibility index (Phi) is 10.8. The zero-order valence-electron chi connectivity index (χ0n) is 19.8. The first kappa shape index (κ1) is 44.7. The third-order valence-electron chi connectivity index (χ3n) is 5.56. The van der Waals surface area contributed by atoms with Crippen LogP contribution in [0.1, 0.15) is 6.42 Å². The van der Waals surface area contributed by atoms with Crippen molar-refractivity contribution in [2.45, 2.75) is 89.6 Å². The number of alkyl halides is 30. The van der Waals surface area contributed by atoms with Gasteiger partial charge in [-0.2, -0.15) is 127 Å². The van der Waals surface area contributed by atoms with Crippen LogP contribution >= 0.6 is 22.6 Å². The average molecular weight is 874 g/mol. The molecule has 0 N–H and O–H groups in total. The Morgan fingerprint density at radius 3 is 0.543 bits per heavy atom. The van der Waals surface area contributed by atoms with Crippen LogP contribution in [-0.4, -0.2) is 87.6 Å². The van der Waals surface area contributed by atoms with Gasteiger partial charge in [-0.25, -0.2) is 0 Å². The molecule has 0 nitrogen and oxygen atoms in total. The minimum Gasteiger partial charge on any atom is -0.200 e. The molecule has 0 aromatic heterocycles. The monoisotopic (exact) mass is 874 g/mol. The van der Waals surface area contributed by atoms with E-state index in [0.29, 0.717) is 22.6 Å². The molecular weight excluding hydrogens is 870 g/mol. The van der Waals surface area contributed by atoms with Gasteiger partial charge >= 0.3 is 83.2 Å². The fourth-order valence-electron chi connectivity index (χ4n) is 2.66. The van der Waals surface area contributed by atoms with Crippen molar-refractivity contribution in [1.29, 1.82) is 0 Å². The second-order valence-corrected chi connectivity index (χ2v) is 9.61. The molecular formula is C16H4F29I. The van der Waals surface area contributed by atoms with E-state index in [-0.39, 0.29) is 0 Å². The lowest BCUT2D eigenvalue weighted by Gasteiger charge is -2.46. The summed E-state index contributed by atoms with van der Waals surface area (Å²) in [6, 6.07) is 0. The van der Waals surface area contributed by atoms with E-state index in [1.54, 1.807) is 0 Å². The van der Waals surface area contributed by atoms with Gasteiger partial charge in [0.25, 0.3) is 0 Å². The predicted octanol–water partition coefficient (Wildman–Crippen LogP) is 10.6. The van der Waals surface area contributed by atoms with Gasteiger partial charge in [0.15, 0.2) is 0 Å². The Morgan fingerprint density at radius 1 is 0.239 bits per heavy atom. The standard InChI is InChI=1S/C16H4F29I/c17-3(18,1-2-46)4(19,20)5(21,22)6(23,24)7(25,26)8(27,28)9(29,30)10(31,32)11(33,34)12(35,36)13(37,38)14(39,40)15(41,42)16(43,44)45/h1-2H2. The van der Waals surface area contributed by atoms with Crippen LogP contribution in [0.5, 0.6) is 0 Å². The van der Waals surface area contributed by atoms with Crippen LogP contribution in [-0.2, 0) is 0 Å². The van der Waals surface area contributed by atoms with E-state index < -0.39 is 94.0 Å². The van der Waals surface area contributed by atoms with Crippen LogP contribution in [0.4, 0.5) is 127 Å². The SMILES string of the molecule is FC(F)(F)C(F)(F)C(F)(F)C(F)(F)C(F)(F)C(F)(F)C(F)(F)C(F)(F)C(F)(F)C(F)(F)C(F)(F)C(F)(F)C(F)(F)C(F)(F)CCI. The van der Waals surface area contributed by atoms with Crippen molar-refractivity contribution in [2.75, 3.05) is 4.43 Å². The van der Waals surface area contributed by atoms with Gasteiger partial charge < -0.3 is 0 Å². The summed E-state index contributed by atoms with van der Waals surface area (Å²) in [5, 5.41) is 0. The summed E-state index contributed by atoms with van der Waals surface area (Å²) in [5.74, 6) is -119. The lowest BCUT2D eigenvalue weighted by atomic mass is 9.83. The smallest absolute Gasteiger partial charge is 0.200 e. The predicted molar refractivity (Wildman–Crippen MR) is 93.9 cm³/mol. The number of hydrogen-bond donors (Lipinski definition) is 0. The second-order valence-electron chi connectivity index (χ2n) is 8.53. The van der Waals surface area contributed by atoms with Crippen LogP contribution in [0.2, 0.25) is 0 Å². The average Bonchev–Trinajstić information content (AvgIpc) is 2.81. The number of halogens is 30. The fraction of sp³-hybridized carbons (Fsp3) is 1.00. The molecule has 0 atom stereocenters. The molecule has 30 heteroatoms. The normalized spacial score (nSPS) is 17.1. The van der Waals surface area contributed by atoms with Crippen molar-refractivity contribution >= 4 is 22.6 Å². The Hall–Kier alpha value is -1.30. The van der Waals surface area contributed by atoms with E-state index in [4.69, 9.17) is 0 Å². The summed E-state index contributed by atoms with van der Waals surface area (Å²) >= 11 is 0.556. The van der Waals surface area contributed by atoms with E-state index in [1.807, 2.05) is 0 Å². The van der Waals surface area contributed by atoms with Crippen molar-refractivity contribution in [3.63, 3.8) is 0 Å². The fourth-order valence-corrected chi connectivity index (χ4v) is 3.33. The Balaban J connectivity index is 7.53. The summed E-state index contributed by atoms with van der Waals surface area (Å²) in [4.78, 5) is 0. The van der Waals surface area contributed by atoms with Gasteiger partial charge in [-0.15, -0.1) is 0 Å². The third-order valence-corrected chi connectivity index (χ3v) is 6.10. The molecule has 278 valence electrons. The van der Waals surface area contributed by atoms with Gasteiger partial charge in [0.2, 0.25) is 0 Å². The molecule has 0 aliphatic heterocycles. The molecule has 0 bridgehead atoms. The van der Waals surface area contributed by atoms with Crippen LogP contribution in [0, 0.1) is 0 Å². The molecule has 0 amide bonds. The Bertz CT molecular complexity index is 1090. The van der Waals surface area contributed by atoms with Crippen molar-refractivity contribution < 1.29 is 127 Å². The van der Waals surface area contributed by atoms with E-state index in [0.717, 1.165) is 0 Å². The highest BCUT2D eigenvalue weighted by Crippen LogP contribution is 2.69. The van der Waals surface area contributed by atoms with Crippen molar-refractivity contribution in [3.8, 4) is 0 Å². The minimum atomic E-state index is -9.90. The molecule has 46 heavy (non-hydrogen) atoms. The Morgan fingerprint density at radius 2 is 0.391 bits per heavy atom. The quantitative estimate of drug-likeness (QED) is 0.0927. The van der Waals surface area contributed by atoms with Crippen LogP contribution < -0.4 is 0 Å². The molecule has 0 aliphatic rings. The molecule has 0 aromatic rings. The topological polar surface area (TPSA) is 0 Å². The molecule has 0 saturated heterocycles. The number of rotatable bonds is 14. The summed E-state index contributed by atoms with van der Waals surface area (Å²) in [7, 11) is 0. The highest BCUT2D eigenvalue weighted by molar-refractivity contribution is 14.1. The Labute approximate surface area is 244 Å². The van der Waals surface area contributed by atoms with Crippen molar-refractivity contribution in [3.05, 3.63) is 0 Å². The van der Waals surface area contributed by atoms with Crippen molar-refractivity contribution in [2.24, 2.45) is 0 Å². The van der Waals surface area contributed by atoms with E-state index in [1.165, 1.54) is 0 Å². The van der Waals surface area contributed by atoms with E-state index in [2.05, 4.69) is 0 Å². The molecule has 0 heterocycles. The van der Waals surface area contributed by atoms with E-state index >= 15 is 0 Å². The molecule has 0 rings (SSSR count). The molecule has 0 aliphatic carbocycles. The van der Waals surface area contributed by atoms with Gasteiger partial charge in [0.05, 0.1) is 0 Å². The van der Waals surface area contributed by atoms with Gasteiger partial charge in [0, 0.05) is 10.8 Å². The van der Waals surface area contributed by atoms with Crippen LogP contribution in [0.25, 0.3) is 0 Å².